The number of nitrogens with zero attached hydrogens (tertiary/aromatic N) is 2. The SMILES string of the molecule is Cc1cc(/C=N/NC(=O)c2cccs2)cn1-c1ccccc1. The number of carbonyl (C=O) groups is 1. The first-order chi connectivity index (χ1) is 10.7. The monoisotopic (exact) mass is 309 g/mol. The molecule has 0 bridgehead atoms. The number of nitrogens with one attached hydrogen (secondary N) is 1. The smallest absolute Gasteiger partial charge is 0.281 e. The molecule has 110 valence electrons. The number of amides is 1. The van der Waals surface area contributed by atoms with E-state index in [0.29, 0.717) is 4.88 Å². The Morgan fingerprint density at radius 1 is 1.23 bits per heavy atom. The van der Waals surface area contributed by atoms with Crippen molar-refractivity contribution in [2.24, 2.45) is 5.10 Å². The molecule has 0 spiro atoms. The van der Waals surface area contributed by atoms with Gasteiger partial charge >= 0.3 is 0 Å². The predicted octanol–water partition coefficient (Wildman–Crippen LogP) is 3.61. The Bertz CT molecular complexity index is 789. The maximum atomic E-state index is 11.8. The number of aromatic nitrogens is 1. The molecule has 0 aliphatic carbocycles. The van der Waals surface area contributed by atoms with Crippen LogP contribution in [0.4, 0.5) is 0 Å². The largest absolute Gasteiger partial charge is 0.321 e. The summed E-state index contributed by atoms with van der Waals surface area (Å²) in [6.07, 6.45) is 3.64. The molecule has 0 fully saturated rings. The molecule has 0 saturated carbocycles. The van der Waals surface area contributed by atoms with Crippen LogP contribution < -0.4 is 5.43 Å². The number of rotatable bonds is 4. The fourth-order valence-corrected chi connectivity index (χ4v) is 2.78. The van der Waals surface area contributed by atoms with Gasteiger partial charge in [-0.05, 0) is 36.6 Å². The molecule has 0 aliphatic rings. The van der Waals surface area contributed by atoms with Crippen molar-refractivity contribution in [3.8, 4) is 5.69 Å². The van der Waals surface area contributed by atoms with Gasteiger partial charge in [-0.2, -0.15) is 5.10 Å². The number of aryl methyl sites for hydroxylation is 1. The summed E-state index contributed by atoms with van der Waals surface area (Å²) in [5.74, 6) is -0.189. The van der Waals surface area contributed by atoms with Crippen molar-refractivity contribution in [1.29, 1.82) is 0 Å². The topological polar surface area (TPSA) is 46.4 Å². The summed E-state index contributed by atoms with van der Waals surface area (Å²) in [5, 5.41) is 5.88. The molecular weight excluding hydrogens is 294 g/mol. The van der Waals surface area contributed by atoms with E-state index in [4.69, 9.17) is 0 Å². The molecule has 0 aliphatic heterocycles. The van der Waals surface area contributed by atoms with Crippen molar-refractivity contribution >= 4 is 23.5 Å². The van der Waals surface area contributed by atoms with E-state index in [2.05, 4.69) is 15.1 Å². The van der Waals surface area contributed by atoms with Gasteiger partial charge in [0.2, 0.25) is 0 Å². The third kappa shape index (κ3) is 3.15. The second kappa shape index (κ2) is 6.41. The summed E-state index contributed by atoms with van der Waals surface area (Å²) in [6, 6.07) is 15.7. The van der Waals surface area contributed by atoms with Gasteiger partial charge in [0, 0.05) is 23.1 Å². The highest BCUT2D eigenvalue weighted by Gasteiger charge is 2.05. The Kier molecular flexibility index (Phi) is 4.16. The first kappa shape index (κ1) is 14.3. The highest BCUT2D eigenvalue weighted by Crippen LogP contribution is 2.14. The lowest BCUT2D eigenvalue weighted by Crippen LogP contribution is -2.15. The second-order valence-corrected chi connectivity index (χ2v) is 5.74. The standard InChI is InChI=1S/C17H15N3OS/c1-13-10-14(12-20(13)15-6-3-2-4-7-15)11-18-19-17(21)16-8-5-9-22-16/h2-12H,1H3,(H,19,21)/b18-11+. The molecule has 3 aromatic rings. The van der Waals surface area contributed by atoms with Crippen molar-refractivity contribution in [2.75, 3.05) is 0 Å². The summed E-state index contributed by atoms with van der Waals surface area (Å²) in [6.45, 7) is 2.04. The van der Waals surface area contributed by atoms with Crippen LogP contribution >= 0.6 is 11.3 Å². The predicted molar refractivity (Wildman–Crippen MR) is 89.9 cm³/mol. The average Bonchev–Trinajstić information content (AvgIpc) is 3.18. The quantitative estimate of drug-likeness (QED) is 0.581. The summed E-state index contributed by atoms with van der Waals surface area (Å²) >= 11 is 1.39. The lowest BCUT2D eigenvalue weighted by atomic mass is 10.3. The van der Waals surface area contributed by atoms with E-state index >= 15 is 0 Å². The Labute approximate surface area is 132 Å². The van der Waals surface area contributed by atoms with Gasteiger partial charge in [0.05, 0.1) is 11.1 Å². The minimum Gasteiger partial charge on any atom is -0.321 e. The van der Waals surface area contributed by atoms with Crippen molar-refractivity contribution < 1.29 is 4.79 Å². The molecule has 0 unspecified atom stereocenters. The number of thiophene rings is 1. The van der Waals surface area contributed by atoms with Crippen LogP contribution in [0.15, 0.2) is 65.2 Å². The van der Waals surface area contributed by atoms with Gasteiger partial charge in [0.1, 0.15) is 0 Å². The maximum Gasteiger partial charge on any atom is 0.281 e. The van der Waals surface area contributed by atoms with Crippen molar-refractivity contribution in [3.05, 3.63) is 76.2 Å². The lowest BCUT2D eigenvalue weighted by Gasteiger charge is -2.04. The first-order valence-corrected chi connectivity index (χ1v) is 7.73. The molecule has 0 saturated heterocycles. The summed E-state index contributed by atoms with van der Waals surface area (Å²) in [4.78, 5) is 12.4. The Hall–Kier alpha value is -2.66. The van der Waals surface area contributed by atoms with Gasteiger partial charge in [-0.25, -0.2) is 5.43 Å². The van der Waals surface area contributed by atoms with Crippen LogP contribution in [0.3, 0.4) is 0 Å². The molecule has 2 heterocycles. The van der Waals surface area contributed by atoms with Gasteiger partial charge in [0.25, 0.3) is 5.91 Å². The van der Waals surface area contributed by atoms with E-state index in [1.807, 2.05) is 61.0 Å². The first-order valence-electron chi connectivity index (χ1n) is 6.85. The maximum absolute atomic E-state index is 11.8. The summed E-state index contributed by atoms with van der Waals surface area (Å²) in [5.41, 5.74) is 5.68. The number of carbonyl (C=O) groups excluding carboxylic acids is 1. The fourth-order valence-electron chi connectivity index (χ4n) is 2.16. The van der Waals surface area contributed by atoms with E-state index in [0.717, 1.165) is 16.9 Å². The molecule has 2 aromatic heterocycles. The van der Waals surface area contributed by atoms with E-state index in [-0.39, 0.29) is 5.91 Å². The second-order valence-electron chi connectivity index (χ2n) is 4.80. The van der Waals surface area contributed by atoms with Gasteiger partial charge in [0.15, 0.2) is 0 Å². The number of hydrazone groups is 1. The van der Waals surface area contributed by atoms with Crippen LogP contribution in [0, 0.1) is 6.92 Å². The normalized spacial score (nSPS) is 11.0. The minimum atomic E-state index is -0.189. The average molecular weight is 309 g/mol. The molecule has 5 heteroatoms. The highest BCUT2D eigenvalue weighted by molar-refractivity contribution is 7.12. The third-order valence-corrected chi connectivity index (χ3v) is 4.06. The van der Waals surface area contributed by atoms with Crippen LogP contribution in [0.2, 0.25) is 0 Å². The van der Waals surface area contributed by atoms with E-state index in [1.165, 1.54) is 11.3 Å². The van der Waals surface area contributed by atoms with E-state index in [9.17, 15) is 4.79 Å². The molecular formula is C17H15N3OS. The zero-order chi connectivity index (χ0) is 15.4. The molecule has 4 nitrogen and oxygen atoms in total. The van der Waals surface area contributed by atoms with E-state index in [1.54, 1.807) is 12.3 Å². The molecule has 1 amide bonds. The summed E-state index contributed by atoms with van der Waals surface area (Å²) in [7, 11) is 0. The Morgan fingerprint density at radius 2 is 2.05 bits per heavy atom. The van der Waals surface area contributed by atoms with Crippen LogP contribution in [0.1, 0.15) is 20.9 Å². The number of para-hydroxylation sites is 1. The van der Waals surface area contributed by atoms with Crippen molar-refractivity contribution in [1.82, 2.24) is 9.99 Å². The van der Waals surface area contributed by atoms with Gasteiger partial charge < -0.3 is 4.57 Å². The molecule has 0 radical (unpaired) electrons. The summed E-state index contributed by atoms with van der Waals surface area (Å²) < 4.78 is 2.09. The molecule has 1 N–H and O–H groups in total. The van der Waals surface area contributed by atoms with Crippen LogP contribution in [0.5, 0.6) is 0 Å². The number of hydrogen-bond donors (Lipinski definition) is 1. The van der Waals surface area contributed by atoms with Crippen molar-refractivity contribution in [3.63, 3.8) is 0 Å². The zero-order valence-corrected chi connectivity index (χ0v) is 12.9. The fraction of sp³-hybridized carbons (Fsp3) is 0.0588. The molecule has 3 rings (SSSR count). The number of benzene rings is 1. The third-order valence-electron chi connectivity index (χ3n) is 3.19. The Balaban J connectivity index is 1.71. The minimum absolute atomic E-state index is 0.189. The van der Waals surface area contributed by atoms with Crippen LogP contribution in [-0.4, -0.2) is 16.7 Å². The van der Waals surface area contributed by atoms with Crippen LogP contribution in [0.25, 0.3) is 5.69 Å². The lowest BCUT2D eigenvalue weighted by molar-refractivity contribution is 0.0959. The molecule has 1 aromatic carbocycles. The van der Waals surface area contributed by atoms with Gasteiger partial charge in [-0.15, -0.1) is 11.3 Å². The van der Waals surface area contributed by atoms with Crippen LogP contribution in [-0.2, 0) is 0 Å². The highest BCUT2D eigenvalue weighted by atomic mass is 32.1. The number of hydrogen-bond acceptors (Lipinski definition) is 3. The zero-order valence-electron chi connectivity index (χ0n) is 12.1. The van der Waals surface area contributed by atoms with Gasteiger partial charge in [-0.1, -0.05) is 24.3 Å². The van der Waals surface area contributed by atoms with Crippen molar-refractivity contribution in [2.45, 2.75) is 6.92 Å². The Morgan fingerprint density at radius 3 is 2.77 bits per heavy atom. The van der Waals surface area contributed by atoms with Gasteiger partial charge in [-0.3, -0.25) is 4.79 Å². The molecule has 22 heavy (non-hydrogen) atoms. The molecule has 0 atom stereocenters. The van der Waals surface area contributed by atoms with E-state index < -0.39 is 0 Å².